The standard InChI is InChI=1S/C76H148O17P2/c1-8-9-10-11-33-43-50-57-73(78)86-63-71(93-76(81)60-53-46-39-32-31-36-42-49-56-69(6)7)65-90-94(82,83)88-61-70(77)62-89-95(84,85)91-66-72(64-87-74(79)58-51-44-37-29-25-22-18-20-24-28-35-41-48-55-68(4)5)92-75(80)59-52-45-38-30-26-21-17-15-13-12-14-16-19-23-27-34-40-47-54-67(2)3/h67-72,77H,8-66H2,1-7H3,(H,82,83)(H,84,85)/t70-,71+,72+/m0/s1. The first-order valence-electron chi connectivity index (χ1n) is 39.3. The Balaban J connectivity index is 5.17. The van der Waals surface area contributed by atoms with Gasteiger partial charge in [0, 0.05) is 25.7 Å². The second kappa shape index (κ2) is 66.6. The minimum atomic E-state index is -4.96. The molecule has 0 aliphatic carbocycles. The average Bonchev–Trinajstić information content (AvgIpc) is 1.85. The van der Waals surface area contributed by atoms with Gasteiger partial charge in [-0.15, -0.1) is 0 Å². The van der Waals surface area contributed by atoms with Crippen LogP contribution < -0.4 is 0 Å². The lowest BCUT2D eigenvalue weighted by Crippen LogP contribution is -2.30. The molecule has 0 rings (SSSR count). The van der Waals surface area contributed by atoms with Gasteiger partial charge in [-0.2, -0.15) is 0 Å². The average molecular weight is 1400 g/mol. The number of unbranched alkanes of at least 4 members (excludes halogenated alkanes) is 42. The summed E-state index contributed by atoms with van der Waals surface area (Å²) in [7, 11) is -9.90. The van der Waals surface area contributed by atoms with Crippen LogP contribution in [0.1, 0.15) is 389 Å². The molecule has 19 heteroatoms. The van der Waals surface area contributed by atoms with Gasteiger partial charge in [-0.05, 0) is 43.4 Å². The number of phosphoric acid groups is 2. The van der Waals surface area contributed by atoms with Crippen LogP contribution in [0.4, 0.5) is 0 Å². The molecule has 0 saturated carbocycles. The number of aliphatic hydroxyl groups excluding tert-OH is 1. The molecule has 0 aliphatic heterocycles. The Kier molecular flexibility index (Phi) is 65.2. The van der Waals surface area contributed by atoms with Crippen molar-refractivity contribution in [3.8, 4) is 0 Å². The molecule has 5 atom stereocenters. The van der Waals surface area contributed by atoms with Crippen LogP contribution in [0.3, 0.4) is 0 Å². The Bertz CT molecular complexity index is 1850. The van der Waals surface area contributed by atoms with E-state index in [-0.39, 0.29) is 25.7 Å². The smallest absolute Gasteiger partial charge is 0.462 e. The quantitative estimate of drug-likeness (QED) is 0.0222. The Morgan fingerprint density at radius 2 is 0.484 bits per heavy atom. The van der Waals surface area contributed by atoms with Crippen molar-refractivity contribution in [2.45, 2.75) is 407 Å². The lowest BCUT2D eigenvalue weighted by atomic mass is 10.0. The monoisotopic (exact) mass is 1400 g/mol. The van der Waals surface area contributed by atoms with E-state index < -0.39 is 97.5 Å². The maximum Gasteiger partial charge on any atom is 0.472 e. The molecule has 0 amide bonds. The number of carbonyl (C=O) groups excluding carboxylic acids is 4. The second-order valence-corrected chi connectivity index (χ2v) is 31.7. The number of carbonyl (C=O) groups is 4. The van der Waals surface area contributed by atoms with Crippen LogP contribution >= 0.6 is 15.6 Å². The van der Waals surface area contributed by atoms with E-state index in [1.165, 1.54) is 186 Å². The first-order chi connectivity index (χ1) is 45.7. The summed E-state index contributed by atoms with van der Waals surface area (Å²) in [6.45, 7) is 11.9. The highest BCUT2D eigenvalue weighted by Gasteiger charge is 2.30. The number of hydrogen-bond acceptors (Lipinski definition) is 15. The van der Waals surface area contributed by atoms with Crippen molar-refractivity contribution >= 4 is 39.5 Å². The number of rotatable bonds is 74. The minimum absolute atomic E-state index is 0.104. The molecular weight excluding hydrogens is 1250 g/mol. The molecule has 2 unspecified atom stereocenters. The molecule has 0 aromatic carbocycles. The molecule has 0 spiro atoms. The molecule has 0 bridgehead atoms. The van der Waals surface area contributed by atoms with E-state index in [1.54, 1.807) is 0 Å². The zero-order valence-electron chi connectivity index (χ0n) is 62.1. The third-order valence-electron chi connectivity index (χ3n) is 17.6. The van der Waals surface area contributed by atoms with Gasteiger partial charge in [0.2, 0.25) is 0 Å². The van der Waals surface area contributed by atoms with Gasteiger partial charge in [0.15, 0.2) is 12.2 Å². The number of ether oxygens (including phenoxy) is 4. The fraction of sp³-hybridized carbons (Fsp3) is 0.947. The van der Waals surface area contributed by atoms with Crippen molar-refractivity contribution in [1.82, 2.24) is 0 Å². The molecule has 0 radical (unpaired) electrons. The third kappa shape index (κ3) is 70.3. The van der Waals surface area contributed by atoms with Crippen molar-refractivity contribution < 1.29 is 80.2 Å². The van der Waals surface area contributed by atoms with E-state index in [0.29, 0.717) is 25.7 Å². The summed E-state index contributed by atoms with van der Waals surface area (Å²) in [5, 5.41) is 10.6. The maximum absolute atomic E-state index is 13.1. The summed E-state index contributed by atoms with van der Waals surface area (Å²) >= 11 is 0. The van der Waals surface area contributed by atoms with Crippen LogP contribution in [0.15, 0.2) is 0 Å². The Morgan fingerprint density at radius 1 is 0.284 bits per heavy atom. The van der Waals surface area contributed by atoms with Crippen LogP contribution in [-0.4, -0.2) is 96.7 Å². The number of esters is 4. The Labute approximate surface area is 581 Å². The molecule has 0 aromatic heterocycles. The highest BCUT2D eigenvalue weighted by Crippen LogP contribution is 2.45. The van der Waals surface area contributed by atoms with Gasteiger partial charge < -0.3 is 33.8 Å². The minimum Gasteiger partial charge on any atom is -0.462 e. The van der Waals surface area contributed by atoms with E-state index in [2.05, 4.69) is 48.5 Å². The summed E-state index contributed by atoms with van der Waals surface area (Å²) in [6.07, 6.45) is 53.0. The SMILES string of the molecule is CCCCCCCCCC(=O)OC[C@H](COP(=O)(O)OC[C@H](O)COP(=O)(O)OC[C@@H](COC(=O)CCCCCCCCCCCCCCCC(C)C)OC(=O)CCCCCCCCCCCCCCCCCCCCC(C)C)OC(=O)CCCCCCCCCCC(C)C. The van der Waals surface area contributed by atoms with Crippen molar-refractivity contribution in [1.29, 1.82) is 0 Å². The molecule has 0 aromatic rings. The van der Waals surface area contributed by atoms with E-state index in [0.717, 1.165) is 120 Å². The van der Waals surface area contributed by atoms with Crippen LogP contribution in [0.25, 0.3) is 0 Å². The van der Waals surface area contributed by atoms with Gasteiger partial charge in [0.05, 0.1) is 26.4 Å². The van der Waals surface area contributed by atoms with Crippen molar-refractivity contribution in [2.75, 3.05) is 39.6 Å². The van der Waals surface area contributed by atoms with Gasteiger partial charge in [-0.1, -0.05) is 337 Å². The molecule has 0 saturated heterocycles. The zero-order chi connectivity index (χ0) is 70.1. The van der Waals surface area contributed by atoms with E-state index in [4.69, 9.17) is 37.0 Å². The molecular formula is C76H148O17P2. The first-order valence-corrected chi connectivity index (χ1v) is 42.3. The largest absolute Gasteiger partial charge is 0.472 e. The highest BCUT2D eigenvalue weighted by molar-refractivity contribution is 7.47. The van der Waals surface area contributed by atoms with E-state index >= 15 is 0 Å². The van der Waals surface area contributed by atoms with Crippen LogP contribution in [-0.2, 0) is 65.4 Å². The molecule has 95 heavy (non-hydrogen) atoms. The van der Waals surface area contributed by atoms with Crippen molar-refractivity contribution in [3.63, 3.8) is 0 Å². The normalized spacial score (nSPS) is 14.1. The summed E-state index contributed by atoms with van der Waals surface area (Å²) in [5.41, 5.74) is 0. The van der Waals surface area contributed by atoms with Crippen molar-refractivity contribution in [2.24, 2.45) is 17.8 Å². The number of hydrogen-bond donors (Lipinski definition) is 3. The van der Waals surface area contributed by atoms with E-state index in [9.17, 15) is 43.2 Å². The summed E-state index contributed by atoms with van der Waals surface area (Å²) in [5.74, 6) is 0.206. The van der Waals surface area contributed by atoms with Crippen molar-refractivity contribution in [3.05, 3.63) is 0 Å². The van der Waals surface area contributed by atoms with Gasteiger partial charge >= 0.3 is 39.5 Å². The molecule has 17 nitrogen and oxygen atoms in total. The van der Waals surface area contributed by atoms with E-state index in [1.807, 2.05) is 0 Å². The van der Waals surface area contributed by atoms with Crippen LogP contribution in [0.2, 0.25) is 0 Å². The van der Waals surface area contributed by atoms with Gasteiger partial charge in [-0.3, -0.25) is 37.3 Å². The second-order valence-electron chi connectivity index (χ2n) is 28.8. The predicted octanol–water partition coefficient (Wildman–Crippen LogP) is 22.2. The summed E-state index contributed by atoms with van der Waals surface area (Å²) in [6, 6.07) is 0. The topological polar surface area (TPSA) is 237 Å². The molecule has 3 N–H and O–H groups in total. The lowest BCUT2D eigenvalue weighted by molar-refractivity contribution is -0.161. The Morgan fingerprint density at radius 3 is 0.716 bits per heavy atom. The molecule has 564 valence electrons. The van der Waals surface area contributed by atoms with Gasteiger partial charge in [-0.25, -0.2) is 9.13 Å². The van der Waals surface area contributed by atoms with Gasteiger partial charge in [0.25, 0.3) is 0 Å². The first kappa shape index (κ1) is 93.1. The predicted molar refractivity (Wildman–Crippen MR) is 386 cm³/mol. The fourth-order valence-electron chi connectivity index (χ4n) is 11.6. The van der Waals surface area contributed by atoms with Gasteiger partial charge in [0.1, 0.15) is 19.3 Å². The fourth-order valence-corrected chi connectivity index (χ4v) is 13.2. The zero-order valence-corrected chi connectivity index (χ0v) is 63.9. The number of phosphoric ester groups is 2. The molecule has 0 heterocycles. The Hall–Kier alpha value is -1.94. The summed E-state index contributed by atoms with van der Waals surface area (Å²) < 4.78 is 68.4. The number of aliphatic hydroxyl groups is 1. The van der Waals surface area contributed by atoms with Crippen LogP contribution in [0.5, 0.6) is 0 Å². The molecule has 0 fully saturated rings. The summed E-state index contributed by atoms with van der Waals surface area (Å²) in [4.78, 5) is 72.6. The van der Waals surface area contributed by atoms with Crippen LogP contribution in [0, 0.1) is 17.8 Å². The lowest BCUT2D eigenvalue weighted by Gasteiger charge is -2.21. The maximum atomic E-state index is 13.1. The highest BCUT2D eigenvalue weighted by atomic mass is 31.2. The third-order valence-corrected chi connectivity index (χ3v) is 19.5. The molecule has 0 aliphatic rings.